The molecular formula is C19H22Cl2N4O3S. The van der Waals surface area contributed by atoms with E-state index in [1.54, 1.807) is 17.1 Å². The van der Waals surface area contributed by atoms with Crippen LogP contribution in [0.4, 0.5) is 0 Å². The fraction of sp³-hybridized carbons (Fsp3) is 0.579. The first kappa shape index (κ1) is 20.8. The van der Waals surface area contributed by atoms with Gasteiger partial charge in [0, 0.05) is 25.5 Å². The van der Waals surface area contributed by atoms with Gasteiger partial charge in [-0.1, -0.05) is 23.2 Å². The van der Waals surface area contributed by atoms with Crippen LogP contribution < -0.4 is 5.32 Å². The third-order valence-corrected chi connectivity index (χ3v) is 6.65. The van der Waals surface area contributed by atoms with E-state index in [-0.39, 0.29) is 34.9 Å². The summed E-state index contributed by atoms with van der Waals surface area (Å²) in [5, 5.41) is 8.22. The van der Waals surface area contributed by atoms with Gasteiger partial charge in [0.05, 0.1) is 17.6 Å². The fourth-order valence-electron chi connectivity index (χ4n) is 3.49. The van der Waals surface area contributed by atoms with E-state index in [0.29, 0.717) is 34.9 Å². The first-order chi connectivity index (χ1) is 14.0. The second-order valence-electron chi connectivity index (χ2n) is 7.56. The average molecular weight is 457 g/mol. The van der Waals surface area contributed by atoms with Crippen LogP contribution in [0.3, 0.4) is 0 Å². The van der Waals surface area contributed by atoms with Crippen LogP contribution >= 0.6 is 34.5 Å². The molecule has 0 spiro atoms. The number of carbonyl (C=O) groups is 2. The lowest BCUT2D eigenvalue weighted by atomic mass is 9.90. The van der Waals surface area contributed by atoms with Gasteiger partial charge in [0.15, 0.2) is 11.5 Å². The highest BCUT2D eigenvalue weighted by atomic mass is 35.5. The number of nitrogens with zero attached hydrogens (tertiary/aromatic N) is 3. The monoisotopic (exact) mass is 456 g/mol. The van der Waals surface area contributed by atoms with Gasteiger partial charge >= 0.3 is 0 Å². The largest absolute Gasteiger partial charge is 0.381 e. The number of Topliss-reactive ketones (excluding diaryl/α,β-unsaturated/α-hetero) is 1. The first-order valence-corrected chi connectivity index (χ1v) is 11.3. The Balaban J connectivity index is 1.55. The molecule has 4 rings (SSSR count). The van der Waals surface area contributed by atoms with Crippen LogP contribution in [-0.2, 0) is 16.0 Å². The maximum Gasteiger partial charge on any atom is 0.273 e. The molecule has 2 aliphatic rings. The van der Waals surface area contributed by atoms with Crippen molar-refractivity contribution in [2.24, 2.45) is 5.92 Å². The predicted molar refractivity (Wildman–Crippen MR) is 111 cm³/mol. The van der Waals surface area contributed by atoms with Gasteiger partial charge in [-0.3, -0.25) is 14.3 Å². The van der Waals surface area contributed by atoms with E-state index in [2.05, 4.69) is 15.4 Å². The van der Waals surface area contributed by atoms with Crippen molar-refractivity contribution in [3.05, 3.63) is 32.5 Å². The summed E-state index contributed by atoms with van der Waals surface area (Å²) in [6, 6.07) is -0.307. The summed E-state index contributed by atoms with van der Waals surface area (Å²) in [4.78, 5) is 29.8. The lowest BCUT2D eigenvalue weighted by Crippen LogP contribution is -2.29. The molecule has 1 saturated carbocycles. The van der Waals surface area contributed by atoms with Gasteiger partial charge in [0.1, 0.15) is 15.4 Å². The van der Waals surface area contributed by atoms with Crippen LogP contribution in [0.15, 0.2) is 12.4 Å². The topological polar surface area (TPSA) is 86.1 Å². The van der Waals surface area contributed by atoms with Crippen LogP contribution in [0.2, 0.25) is 9.36 Å². The standard InChI is InChI=1S/C19H22Cl2N4O3S/c20-13-10-25(24-18(13)19(27)23-12-1-2-12)14(7-11-3-5-28-6-4-11)15(26)8-17-22-9-16(21)29-17/h9-12,14H,1-8H2,(H,23,27). The van der Waals surface area contributed by atoms with Gasteiger partial charge in [0.25, 0.3) is 5.91 Å². The molecule has 1 unspecified atom stereocenters. The van der Waals surface area contributed by atoms with Crippen LogP contribution in [0.5, 0.6) is 0 Å². The third kappa shape index (κ3) is 5.36. The minimum Gasteiger partial charge on any atom is -0.381 e. The van der Waals surface area contributed by atoms with Crippen LogP contribution in [0.1, 0.15) is 53.6 Å². The zero-order chi connectivity index (χ0) is 20.4. The van der Waals surface area contributed by atoms with Crippen molar-refractivity contribution in [1.29, 1.82) is 0 Å². The zero-order valence-electron chi connectivity index (χ0n) is 15.8. The molecule has 3 heterocycles. The van der Waals surface area contributed by atoms with Gasteiger partial charge in [-0.25, -0.2) is 4.98 Å². The number of hydrogen-bond donors (Lipinski definition) is 1. The lowest BCUT2D eigenvalue weighted by molar-refractivity contribution is -0.122. The molecule has 10 heteroatoms. The van der Waals surface area contributed by atoms with Crippen molar-refractivity contribution >= 4 is 46.2 Å². The summed E-state index contributed by atoms with van der Waals surface area (Å²) in [6.07, 6.45) is 7.69. The Labute approximate surface area is 182 Å². The number of amides is 1. The van der Waals surface area contributed by atoms with E-state index in [1.807, 2.05) is 0 Å². The second kappa shape index (κ2) is 9.12. The van der Waals surface area contributed by atoms with E-state index in [0.717, 1.165) is 25.7 Å². The highest BCUT2D eigenvalue weighted by Crippen LogP contribution is 2.30. The van der Waals surface area contributed by atoms with Crippen LogP contribution in [0, 0.1) is 5.92 Å². The minimum atomic E-state index is -0.513. The Morgan fingerprint density at radius 1 is 1.28 bits per heavy atom. The lowest BCUT2D eigenvalue weighted by Gasteiger charge is -2.26. The molecule has 1 saturated heterocycles. The van der Waals surface area contributed by atoms with E-state index in [1.165, 1.54) is 11.3 Å². The minimum absolute atomic E-state index is 0.0178. The van der Waals surface area contributed by atoms with Crippen molar-refractivity contribution in [3.63, 3.8) is 0 Å². The molecule has 1 aliphatic carbocycles. The summed E-state index contributed by atoms with van der Waals surface area (Å²) in [5.41, 5.74) is 0.167. The van der Waals surface area contributed by atoms with Crippen molar-refractivity contribution < 1.29 is 14.3 Å². The number of ketones is 1. The summed E-state index contributed by atoms with van der Waals surface area (Å²) < 4.78 is 7.54. The van der Waals surface area contributed by atoms with Gasteiger partial charge < -0.3 is 10.1 Å². The zero-order valence-corrected chi connectivity index (χ0v) is 18.1. The molecule has 1 aliphatic heterocycles. The van der Waals surface area contributed by atoms with E-state index in [9.17, 15) is 9.59 Å². The van der Waals surface area contributed by atoms with Crippen LogP contribution in [-0.4, -0.2) is 45.7 Å². The molecule has 2 fully saturated rings. The molecular weight excluding hydrogens is 435 g/mol. The quantitative estimate of drug-likeness (QED) is 0.653. The number of carbonyl (C=O) groups excluding carboxylic acids is 2. The molecule has 156 valence electrons. The predicted octanol–water partition coefficient (Wildman–Crippen LogP) is 3.71. The molecule has 0 radical (unpaired) electrons. The molecule has 1 N–H and O–H groups in total. The van der Waals surface area contributed by atoms with Gasteiger partial charge in [0.2, 0.25) is 0 Å². The average Bonchev–Trinajstić information content (AvgIpc) is 3.29. The Hall–Kier alpha value is -1.48. The Bertz CT molecular complexity index is 890. The summed E-state index contributed by atoms with van der Waals surface area (Å²) in [6.45, 7) is 1.39. The SMILES string of the molecule is O=C(NC1CC1)c1nn(C(CC2CCOCC2)C(=O)Cc2ncc(Cl)s2)cc1Cl. The number of thiazole rings is 1. The maximum absolute atomic E-state index is 13.2. The molecule has 29 heavy (non-hydrogen) atoms. The van der Waals surface area contributed by atoms with E-state index < -0.39 is 6.04 Å². The number of halogens is 2. The smallest absolute Gasteiger partial charge is 0.273 e. The Morgan fingerprint density at radius 2 is 2.03 bits per heavy atom. The van der Waals surface area contributed by atoms with E-state index in [4.69, 9.17) is 27.9 Å². The number of ether oxygens (including phenoxy) is 1. The van der Waals surface area contributed by atoms with Gasteiger partial charge in [-0.05, 0) is 38.0 Å². The van der Waals surface area contributed by atoms with Crippen molar-refractivity contribution in [2.45, 2.75) is 50.6 Å². The van der Waals surface area contributed by atoms with Crippen molar-refractivity contribution in [2.75, 3.05) is 13.2 Å². The van der Waals surface area contributed by atoms with Crippen molar-refractivity contribution in [1.82, 2.24) is 20.1 Å². The first-order valence-electron chi connectivity index (χ1n) is 9.75. The molecule has 1 amide bonds. The summed E-state index contributed by atoms with van der Waals surface area (Å²) in [5.74, 6) is 0.0420. The summed E-state index contributed by atoms with van der Waals surface area (Å²) in [7, 11) is 0. The molecule has 2 aromatic rings. The fourth-order valence-corrected chi connectivity index (χ4v) is 4.68. The Morgan fingerprint density at radius 3 is 2.69 bits per heavy atom. The molecule has 7 nitrogen and oxygen atoms in total. The second-order valence-corrected chi connectivity index (χ2v) is 9.72. The molecule has 1 atom stereocenters. The molecule has 0 bridgehead atoms. The normalized spacial score (nSPS) is 18.6. The molecule has 0 aromatic carbocycles. The number of aromatic nitrogens is 3. The Kier molecular flexibility index (Phi) is 6.53. The van der Waals surface area contributed by atoms with Crippen molar-refractivity contribution in [3.8, 4) is 0 Å². The third-order valence-electron chi connectivity index (χ3n) is 5.25. The number of nitrogens with one attached hydrogen (secondary N) is 1. The van der Waals surface area contributed by atoms with Gasteiger partial charge in [-0.15, -0.1) is 11.3 Å². The maximum atomic E-state index is 13.2. The summed E-state index contributed by atoms with van der Waals surface area (Å²) >= 11 is 13.5. The van der Waals surface area contributed by atoms with E-state index >= 15 is 0 Å². The number of hydrogen-bond acceptors (Lipinski definition) is 6. The highest BCUT2D eigenvalue weighted by Gasteiger charge is 2.30. The highest BCUT2D eigenvalue weighted by molar-refractivity contribution is 7.15. The number of rotatable bonds is 8. The molecule has 2 aromatic heterocycles. The van der Waals surface area contributed by atoms with Gasteiger partial charge in [-0.2, -0.15) is 5.10 Å². The van der Waals surface area contributed by atoms with Crippen LogP contribution in [0.25, 0.3) is 0 Å².